The smallest absolute Gasteiger partial charge is 0.321 e. The van der Waals surface area contributed by atoms with Gasteiger partial charge in [-0.05, 0) is 25.1 Å². The predicted octanol–water partition coefficient (Wildman–Crippen LogP) is 1.71. The molecular formula is C14H21N3O. The first-order chi connectivity index (χ1) is 8.69. The molecule has 1 fully saturated rings. The molecule has 98 valence electrons. The number of anilines is 1. The fourth-order valence-electron chi connectivity index (χ4n) is 2.47. The zero-order valence-corrected chi connectivity index (χ0v) is 11.3. The summed E-state index contributed by atoms with van der Waals surface area (Å²) in [5.74, 6) is 0. The molecule has 1 aliphatic rings. The Kier molecular flexibility index (Phi) is 3.87. The third-order valence-electron chi connectivity index (χ3n) is 3.58. The molecule has 0 aromatic heterocycles. The van der Waals surface area contributed by atoms with Gasteiger partial charge in [0.25, 0.3) is 0 Å². The van der Waals surface area contributed by atoms with Gasteiger partial charge in [-0.25, -0.2) is 4.79 Å². The van der Waals surface area contributed by atoms with Crippen LogP contribution in [-0.4, -0.2) is 44.2 Å². The first-order valence-electron chi connectivity index (χ1n) is 6.45. The number of aryl methyl sites for hydroxylation is 1. The standard InChI is InChI=1S/C14H21N3O/c1-4-11-7-5-6-8-13(11)17-10-12(9-15-2)16(3)14(17)18/h5-8,12,15H,4,9-10H2,1-3H3. The number of nitrogens with zero attached hydrogens (tertiary/aromatic N) is 2. The molecule has 2 rings (SSSR count). The number of urea groups is 1. The molecule has 1 saturated heterocycles. The van der Waals surface area contributed by atoms with E-state index in [2.05, 4.69) is 18.3 Å². The van der Waals surface area contributed by atoms with E-state index in [-0.39, 0.29) is 12.1 Å². The number of benzene rings is 1. The Morgan fingerprint density at radius 2 is 2.11 bits per heavy atom. The molecule has 1 aromatic carbocycles. The molecular weight excluding hydrogens is 226 g/mol. The summed E-state index contributed by atoms with van der Waals surface area (Å²) >= 11 is 0. The van der Waals surface area contributed by atoms with Crippen LogP contribution in [-0.2, 0) is 6.42 Å². The summed E-state index contributed by atoms with van der Waals surface area (Å²) in [7, 11) is 3.79. The topological polar surface area (TPSA) is 35.6 Å². The van der Waals surface area contributed by atoms with Gasteiger partial charge in [-0.3, -0.25) is 4.90 Å². The molecule has 4 nitrogen and oxygen atoms in total. The van der Waals surface area contributed by atoms with Crippen molar-refractivity contribution in [2.75, 3.05) is 32.1 Å². The minimum absolute atomic E-state index is 0.0937. The van der Waals surface area contributed by atoms with Crippen LogP contribution in [0.1, 0.15) is 12.5 Å². The van der Waals surface area contributed by atoms with E-state index in [0.717, 1.165) is 25.2 Å². The fourth-order valence-corrected chi connectivity index (χ4v) is 2.47. The van der Waals surface area contributed by atoms with Gasteiger partial charge < -0.3 is 10.2 Å². The number of rotatable bonds is 4. The molecule has 0 aliphatic carbocycles. The minimum atomic E-state index is 0.0937. The highest BCUT2D eigenvalue weighted by atomic mass is 16.2. The SMILES string of the molecule is CCc1ccccc1N1CC(CNC)N(C)C1=O. The molecule has 18 heavy (non-hydrogen) atoms. The lowest BCUT2D eigenvalue weighted by Gasteiger charge is -2.18. The van der Waals surface area contributed by atoms with Gasteiger partial charge in [0, 0.05) is 25.8 Å². The second-order valence-electron chi connectivity index (χ2n) is 4.70. The van der Waals surface area contributed by atoms with Crippen molar-refractivity contribution in [1.29, 1.82) is 0 Å². The Bertz CT molecular complexity index is 433. The van der Waals surface area contributed by atoms with Crippen LogP contribution in [0, 0.1) is 0 Å². The van der Waals surface area contributed by atoms with E-state index in [1.807, 2.05) is 42.1 Å². The van der Waals surface area contributed by atoms with Gasteiger partial charge in [-0.1, -0.05) is 25.1 Å². The number of hydrogen-bond acceptors (Lipinski definition) is 2. The van der Waals surface area contributed by atoms with Crippen molar-refractivity contribution < 1.29 is 4.79 Å². The van der Waals surface area contributed by atoms with Crippen LogP contribution >= 0.6 is 0 Å². The molecule has 1 aliphatic heterocycles. The molecule has 0 saturated carbocycles. The summed E-state index contributed by atoms with van der Waals surface area (Å²) < 4.78 is 0. The summed E-state index contributed by atoms with van der Waals surface area (Å²) in [5, 5.41) is 3.14. The fraction of sp³-hybridized carbons (Fsp3) is 0.500. The van der Waals surface area contributed by atoms with Crippen LogP contribution in [0.4, 0.5) is 10.5 Å². The van der Waals surface area contributed by atoms with Crippen molar-refractivity contribution >= 4 is 11.7 Å². The molecule has 1 N–H and O–H groups in total. The van der Waals surface area contributed by atoms with Gasteiger partial charge in [0.2, 0.25) is 0 Å². The number of likely N-dealkylation sites (N-methyl/N-ethyl adjacent to an activating group) is 2. The highest BCUT2D eigenvalue weighted by Crippen LogP contribution is 2.26. The number of amides is 2. The molecule has 1 aromatic rings. The third-order valence-corrected chi connectivity index (χ3v) is 3.58. The van der Waals surface area contributed by atoms with Crippen molar-refractivity contribution in [1.82, 2.24) is 10.2 Å². The Morgan fingerprint density at radius 3 is 2.78 bits per heavy atom. The van der Waals surface area contributed by atoms with Gasteiger partial charge >= 0.3 is 6.03 Å². The van der Waals surface area contributed by atoms with E-state index < -0.39 is 0 Å². The maximum atomic E-state index is 12.3. The van der Waals surface area contributed by atoms with E-state index in [1.54, 1.807) is 0 Å². The quantitative estimate of drug-likeness (QED) is 0.879. The maximum Gasteiger partial charge on any atom is 0.324 e. The van der Waals surface area contributed by atoms with Gasteiger partial charge in [0.05, 0.1) is 6.04 Å². The molecule has 2 amide bonds. The van der Waals surface area contributed by atoms with Crippen LogP contribution in [0.15, 0.2) is 24.3 Å². The Labute approximate surface area is 109 Å². The number of nitrogens with one attached hydrogen (secondary N) is 1. The van der Waals surface area contributed by atoms with Crippen LogP contribution in [0.2, 0.25) is 0 Å². The lowest BCUT2D eigenvalue weighted by molar-refractivity contribution is 0.218. The second-order valence-corrected chi connectivity index (χ2v) is 4.70. The number of para-hydroxylation sites is 1. The van der Waals surface area contributed by atoms with Crippen LogP contribution < -0.4 is 10.2 Å². The van der Waals surface area contributed by atoms with Crippen molar-refractivity contribution in [3.63, 3.8) is 0 Å². The van der Waals surface area contributed by atoms with Crippen molar-refractivity contribution in [3.8, 4) is 0 Å². The molecule has 0 radical (unpaired) electrons. The summed E-state index contributed by atoms with van der Waals surface area (Å²) in [6.07, 6.45) is 0.945. The van der Waals surface area contributed by atoms with E-state index in [1.165, 1.54) is 5.56 Å². The van der Waals surface area contributed by atoms with E-state index >= 15 is 0 Å². The molecule has 1 atom stereocenters. The van der Waals surface area contributed by atoms with Crippen molar-refractivity contribution in [3.05, 3.63) is 29.8 Å². The number of carbonyl (C=O) groups excluding carboxylic acids is 1. The van der Waals surface area contributed by atoms with E-state index in [4.69, 9.17) is 0 Å². The summed E-state index contributed by atoms with van der Waals surface area (Å²) in [6, 6.07) is 8.48. The van der Waals surface area contributed by atoms with Gasteiger partial charge in [0.1, 0.15) is 0 Å². The van der Waals surface area contributed by atoms with Crippen LogP contribution in [0.25, 0.3) is 0 Å². The van der Waals surface area contributed by atoms with Crippen LogP contribution in [0.3, 0.4) is 0 Å². The largest absolute Gasteiger partial charge is 0.324 e. The molecule has 1 unspecified atom stereocenters. The zero-order valence-electron chi connectivity index (χ0n) is 11.3. The summed E-state index contributed by atoms with van der Waals surface area (Å²) in [6.45, 7) is 3.70. The highest BCUT2D eigenvalue weighted by molar-refractivity contribution is 5.95. The van der Waals surface area contributed by atoms with Gasteiger partial charge in [-0.2, -0.15) is 0 Å². The predicted molar refractivity (Wildman–Crippen MR) is 74.0 cm³/mol. The molecule has 0 spiro atoms. The summed E-state index contributed by atoms with van der Waals surface area (Å²) in [5.41, 5.74) is 2.28. The lowest BCUT2D eigenvalue weighted by Crippen LogP contribution is -2.37. The molecule has 4 heteroatoms. The lowest BCUT2D eigenvalue weighted by atomic mass is 10.1. The highest BCUT2D eigenvalue weighted by Gasteiger charge is 2.35. The van der Waals surface area contributed by atoms with Crippen molar-refractivity contribution in [2.24, 2.45) is 0 Å². The van der Waals surface area contributed by atoms with E-state index in [0.29, 0.717) is 0 Å². The second kappa shape index (κ2) is 5.40. The Morgan fingerprint density at radius 1 is 1.39 bits per heavy atom. The average molecular weight is 247 g/mol. The maximum absolute atomic E-state index is 12.3. The molecule has 0 bridgehead atoms. The first-order valence-corrected chi connectivity index (χ1v) is 6.45. The zero-order chi connectivity index (χ0) is 13.1. The Balaban J connectivity index is 2.26. The Hall–Kier alpha value is -1.55. The molecule has 1 heterocycles. The normalized spacial score (nSPS) is 19.7. The van der Waals surface area contributed by atoms with Gasteiger partial charge in [0.15, 0.2) is 0 Å². The monoisotopic (exact) mass is 247 g/mol. The van der Waals surface area contributed by atoms with Crippen molar-refractivity contribution in [2.45, 2.75) is 19.4 Å². The van der Waals surface area contributed by atoms with E-state index in [9.17, 15) is 4.79 Å². The average Bonchev–Trinajstić information content (AvgIpc) is 2.67. The number of carbonyl (C=O) groups is 1. The minimum Gasteiger partial charge on any atom is -0.321 e. The summed E-state index contributed by atoms with van der Waals surface area (Å²) in [4.78, 5) is 16.0. The van der Waals surface area contributed by atoms with Crippen LogP contribution in [0.5, 0.6) is 0 Å². The third kappa shape index (κ3) is 2.20. The first kappa shape index (κ1) is 12.9. The van der Waals surface area contributed by atoms with Gasteiger partial charge in [-0.15, -0.1) is 0 Å². The number of hydrogen-bond donors (Lipinski definition) is 1.